The number of carbonyl (C=O) groups excluding carboxylic acids is 3. The molecule has 0 spiro atoms. The van der Waals surface area contributed by atoms with Crippen molar-refractivity contribution in [3.63, 3.8) is 0 Å². The fraction of sp³-hybridized carbons (Fsp3) is 0.667. The molecule has 0 aliphatic carbocycles. The smallest absolute Gasteiger partial charge is 0.448 e. The Hall–Kier alpha value is -1.75. The highest BCUT2D eigenvalue weighted by Gasteiger charge is 2.37. The number of nitrogens with zero attached hydrogens (tertiary/aromatic N) is 1. The molecule has 1 rings (SSSR count). The van der Waals surface area contributed by atoms with Crippen molar-refractivity contribution < 1.29 is 32.4 Å². The molecule has 1 heterocycles. The number of hydrogen-bond acceptors (Lipinski definition) is 7. The minimum atomic E-state index is -2.64. The van der Waals surface area contributed by atoms with Crippen LogP contribution in [0.25, 0.3) is 0 Å². The summed E-state index contributed by atoms with van der Waals surface area (Å²) in [6, 6.07) is 0.553. The average molecular weight is 374 g/mol. The van der Waals surface area contributed by atoms with Crippen molar-refractivity contribution in [3.05, 3.63) is 11.1 Å². The molecule has 9 nitrogen and oxygen atoms in total. The standard InChI is InChI=1S/C15H26N2O7Si/c1-11-12(2)14(19)17(13(11)18)8-9-24-15(20)16-7-6-10-25(21-3,22-4)23-5/h6-10H2,1-5H3,(H,16,20). The Kier molecular flexibility index (Phi) is 8.22. The minimum absolute atomic E-state index is 0.0345. The molecule has 1 aliphatic heterocycles. The molecule has 0 unspecified atom stereocenters. The lowest BCUT2D eigenvalue weighted by atomic mass is 10.2. The maximum absolute atomic E-state index is 11.9. The summed E-state index contributed by atoms with van der Waals surface area (Å²) in [5.74, 6) is -0.682. The number of carbonyl (C=O) groups is 3. The number of alkyl carbamates (subject to hydrolysis) is 1. The van der Waals surface area contributed by atoms with Gasteiger partial charge in [-0.3, -0.25) is 14.5 Å². The van der Waals surface area contributed by atoms with Crippen LogP contribution in [-0.2, 0) is 27.6 Å². The zero-order valence-electron chi connectivity index (χ0n) is 15.3. The monoisotopic (exact) mass is 374 g/mol. The second-order valence-corrected chi connectivity index (χ2v) is 8.56. The van der Waals surface area contributed by atoms with E-state index >= 15 is 0 Å². The van der Waals surface area contributed by atoms with E-state index < -0.39 is 14.9 Å². The molecule has 0 saturated carbocycles. The molecule has 0 bridgehead atoms. The summed E-state index contributed by atoms with van der Waals surface area (Å²) in [5, 5.41) is 2.59. The van der Waals surface area contributed by atoms with E-state index in [4.69, 9.17) is 18.0 Å². The Morgan fingerprint density at radius 1 is 1.04 bits per heavy atom. The minimum Gasteiger partial charge on any atom is -0.448 e. The topological polar surface area (TPSA) is 103 Å². The maximum atomic E-state index is 11.9. The molecular weight excluding hydrogens is 348 g/mol. The van der Waals surface area contributed by atoms with Crippen LogP contribution in [0.5, 0.6) is 0 Å². The Morgan fingerprint density at radius 3 is 2.04 bits per heavy atom. The SMILES string of the molecule is CO[Si](CCCNC(=O)OCCN1C(=O)C(C)=C(C)C1=O)(OC)OC. The zero-order valence-corrected chi connectivity index (χ0v) is 16.3. The van der Waals surface area contributed by atoms with Gasteiger partial charge in [0.15, 0.2) is 0 Å². The molecule has 1 aliphatic rings. The van der Waals surface area contributed by atoms with Crippen molar-refractivity contribution in [2.24, 2.45) is 0 Å². The fourth-order valence-electron chi connectivity index (χ4n) is 2.35. The van der Waals surface area contributed by atoms with Crippen LogP contribution in [0, 0.1) is 0 Å². The van der Waals surface area contributed by atoms with Gasteiger partial charge in [-0.2, -0.15) is 0 Å². The van der Waals surface area contributed by atoms with Crippen molar-refractivity contribution in [1.82, 2.24) is 10.2 Å². The summed E-state index contributed by atoms with van der Waals surface area (Å²) < 4.78 is 20.8. The molecule has 0 saturated heterocycles. The highest BCUT2D eigenvalue weighted by Crippen LogP contribution is 2.19. The fourth-order valence-corrected chi connectivity index (χ4v) is 4.08. The van der Waals surface area contributed by atoms with Crippen LogP contribution >= 0.6 is 0 Å². The lowest BCUT2D eigenvalue weighted by Gasteiger charge is -2.24. The number of nitrogens with one attached hydrogen (secondary N) is 1. The van der Waals surface area contributed by atoms with Gasteiger partial charge in [-0.05, 0) is 20.3 Å². The van der Waals surface area contributed by atoms with Gasteiger partial charge >= 0.3 is 14.9 Å². The van der Waals surface area contributed by atoms with Gasteiger partial charge in [-0.15, -0.1) is 0 Å². The molecule has 3 amide bonds. The molecule has 0 aromatic rings. The van der Waals surface area contributed by atoms with Crippen LogP contribution in [0.4, 0.5) is 4.79 Å². The summed E-state index contributed by atoms with van der Waals surface area (Å²) in [6.45, 7) is 3.55. The van der Waals surface area contributed by atoms with E-state index in [-0.39, 0.29) is 25.0 Å². The number of rotatable bonds is 10. The highest BCUT2D eigenvalue weighted by atomic mass is 28.4. The zero-order chi connectivity index (χ0) is 19.0. The lowest BCUT2D eigenvalue weighted by Crippen LogP contribution is -2.43. The number of amides is 3. The van der Waals surface area contributed by atoms with Gasteiger partial charge < -0.3 is 23.3 Å². The van der Waals surface area contributed by atoms with Crippen molar-refractivity contribution in [2.45, 2.75) is 26.3 Å². The molecule has 25 heavy (non-hydrogen) atoms. The second kappa shape index (κ2) is 9.66. The summed E-state index contributed by atoms with van der Waals surface area (Å²) in [7, 11) is 1.94. The number of hydrogen-bond donors (Lipinski definition) is 1. The summed E-state index contributed by atoms with van der Waals surface area (Å²) >= 11 is 0. The molecule has 1 N–H and O–H groups in total. The quantitative estimate of drug-likeness (QED) is 0.341. The molecular formula is C15H26N2O7Si. The van der Waals surface area contributed by atoms with E-state index in [9.17, 15) is 14.4 Å². The molecule has 0 fully saturated rings. The first kappa shape index (κ1) is 21.3. The van der Waals surface area contributed by atoms with E-state index in [0.717, 1.165) is 4.90 Å². The van der Waals surface area contributed by atoms with E-state index in [1.165, 1.54) is 21.3 Å². The van der Waals surface area contributed by atoms with Crippen molar-refractivity contribution >= 4 is 26.7 Å². The first-order chi connectivity index (χ1) is 11.8. The average Bonchev–Trinajstić information content (AvgIpc) is 2.80. The van der Waals surface area contributed by atoms with Crippen molar-refractivity contribution in [1.29, 1.82) is 0 Å². The largest absolute Gasteiger partial charge is 0.500 e. The Labute approximate surface area is 148 Å². The first-order valence-electron chi connectivity index (χ1n) is 7.91. The maximum Gasteiger partial charge on any atom is 0.500 e. The van der Waals surface area contributed by atoms with E-state index in [2.05, 4.69) is 5.32 Å². The molecule has 0 radical (unpaired) electrons. The predicted octanol–water partition coefficient (Wildman–Crippen LogP) is 0.686. The Bertz CT molecular complexity index is 514. The van der Waals surface area contributed by atoms with E-state index in [1.54, 1.807) is 13.8 Å². The summed E-state index contributed by atoms with van der Waals surface area (Å²) in [5.41, 5.74) is 0.855. The van der Waals surface area contributed by atoms with Crippen LogP contribution in [-0.4, -0.2) is 72.6 Å². The third-order valence-electron chi connectivity index (χ3n) is 4.10. The van der Waals surface area contributed by atoms with Gasteiger partial charge in [0.05, 0.1) is 6.54 Å². The predicted molar refractivity (Wildman–Crippen MR) is 90.6 cm³/mol. The third-order valence-corrected chi connectivity index (χ3v) is 6.94. The molecule has 10 heteroatoms. The number of ether oxygens (including phenoxy) is 1. The molecule has 0 aromatic carbocycles. The van der Waals surface area contributed by atoms with Gasteiger partial charge in [-0.25, -0.2) is 4.79 Å². The van der Waals surface area contributed by atoms with Gasteiger partial charge in [0.1, 0.15) is 6.61 Å². The summed E-state index contributed by atoms with van der Waals surface area (Å²) in [4.78, 5) is 36.4. The van der Waals surface area contributed by atoms with Gasteiger partial charge in [0, 0.05) is 45.1 Å². The normalized spacial score (nSPS) is 15.2. The second-order valence-electron chi connectivity index (χ2n) is 5.47. The number of imide groups is 1. The van der Waals surface area contributed by atoms with Gasteiger partial charge in [-0.1, -0.05) is 0 Å². The van der Waals surface area contributed by atoms with Crippen LogP contribution in [0.1, 0.15) is 20.3 Å². The Morgan fingerprint density at radius 2 is 1.56 bits per heavy atom. The molecule has 0 atom stereocenters. The molecule has 142 valence electrons. The van der Waals surface area contributed by atoms with Gasteiger partial charge in [0.25, 0.3) is 11.8 Å². The van der Waals surface area contributed by atoms with Crippen LogP contribution in [0.3, 0.4) is 0 Å². The van der Waals surface area contributed by atoms with Crippen molar-refractivity contribution in [2.75, 3.05) is 41.0 Å². The van der Waals surface area contributed by atoms with Crippen LogP contribution < -0.4 is 5.32 Å². The Balaban J connectivity index is 2.24. The third kappa shape index (κ3) is 5.36. The van der Waals surface area contributed by atoms with Crippen LogP contribution in [0.15, 0.2) is 11.1 Å². The van der Waals surface area contributed by atoms with E-state index in [0.29, 0.717) is 30.2 Å². The van der Waals surface area contributed by atoms with Crippen LogP contribution in [0.2, 0.25) is 6.04 Å². The van der Waals surface area contributed by atoms with Gasteiger partial charge in [0.2, 0.25) is 0 Å². The molecule has 0 aromatic heterocycles. The van der Waals surface area contributed by atoms with Crippen molar-refractivity contribution in [3.8, 4) is 0 Å². The van der Waals surface area contributed by atoms with E-state index in [1.807, 2.05) is 0 Å². The lowest BCUT2D eigenvalue weighted by molar-refractivity contribution is -0.138. The highest BCUT2D eigenvalue weighted by molar-refractivity contribution is 6.60. The summed E-state index contributed by atoms with van der Waals surface area (Å²) in [6.07, 6.45) is -0.0116. The first-order valence-corrected chi connectivity index (χ1v) is 9.84.